The van der Waals surface area contributed by atoms with Gasteiger partial charge in [0, 0.05) is 25.7 Å². The molecule has 0 spiro atoms. The molecule has 94 valence electrons. The number of hydrogen-bond acceptors (Lipinski definition) is 3. The molecule has 3 nitrogen and oxygen atoms in total. The second kappa shape index (κ2) is 6.15. The van der Waals surface area contributed by atoms with E-state index in [9.17, 15) is 0 Å². The van der Waals surface area contributed by atoms with E-state index in [1.54, 1.807) is 7.11 Å². The van der Waals surface area contributed by atoms with E-state index in [1.165, 1.54) is 5.56 Å². The molecule has 3 unspecified atom stereocenters. The molecule has 1 N–H and O–H groups in total. The first kappa shape index (κ1) is 12.6. The van der Waals surface area contributed by atoms with Crippen LogP contribution in [0.15, 0.2) is 30.3 Å². The minimum atomic E-state index is 0.0906. The van der Waals surface area contributed by atoms with E-state index < -0.39 is 0 Å². The molecule has 17 heavy (non-hydrogen) atoms. The van der Waals surface area contributed by atoms with Gasteiger partial charge in [-0.15, -0.1) is 0 Å². The van der Waals surface area contributed by atoms with Crippen molar-refractivity contribution < 1.29 is 9.47 Å². The molecule has 0 amide bonds. The smallest absolute Gasteiger partial charge is 0.0977 e. The molecule has 0 saturated carbocycles. The van der Waals surface area contributed by atoms with Crippen LogP contribution in [0.4, 0.5) is 0 Å². The molecule has 1 aliphatic rings. The summed E-state index contributed by atoms with van der Waals surface area (Å²) in [7, 11) is 3.77. The van der Waals surface area contributed by atoms with E-state index in [-0.39, 0.29) is 6.10 Å². The summed E-state index contributed by atoms with van der Waals surface area (Å²) in [6.07, 6.45) is 1.20. The maximum Gasteiger partial charge on any atom is 0.0977 e. The molecule has 3 atom stereocenters. The Morgan fingerprint density at radius 2 is 2.12 bits per heavy atom. The van der Waals surface area contributed by atoms with Crippen LogP contribution in [0.5, 0.6) is 0 Å². The van der Waals surface area contributed by atoms with Gasteiger partial charge in [-0.3, -0.25) is 0 Å². The van der Waals surface area contributed by atoms with Gasteiger partial charge in [-0.25, -0.2) is 0 Å². The van der Waals surface area contributed by atoms with Gasteiger partial charge in [-0.1, -0.05) is 30.3 Å². The number of benzene rings is 1. The molecule has 0 radical (unpaired) electrons. The largest absolute Gasteiger partial charge is 0.381 e. The van der Waals surface area contributed by atoms with Crippen molar-refractivity contribution in [2.45, 2.75) is 18.6 Å². The summed E-state index contributed by atoms with van der Waals surface area (Å²) < 4.78 is 11.2. The molecule has 1 heterocycles. The highest BCUT2D eigenvalue weighted by Gasteiger charge is 2.31. The molecule has 2 rings (SSSR count). The van der Waals surface area contributed by atoms with Gasteiger partial charge in [0.25, 0.3) is 0 Å². The predicted octanol–water partition coefficient (Wildman–Crippen LogP) is 2.00. The second-order valence-corrected chi connectivity index (χ2v) is 4.51. The van der Waals surface area contributed by atoms with Crippen molar-refractivity contribution in [2.24, 2.45) is 5.92 Å². The Bertz CT molecular complexity index is 322. The summed E-state index contributed by atoms with van der Waals surface area (Å²) in [5, 5.41) is 3.39. The SMILES string of the molecule is CNC(C1CCOC1)C(OC)c1ccccc1. The summed E-state index contributed by atoms with van der Waals surface area (Å²) in [6, 6.07) is 10.7. The van der Waals surface area contributed by atoms with E-state index in [4.69, 9.17) is 9.47 Å². The number of likely N-dealkylation sites (N-methyl/N-ethyl adjacent to an activating group) is 1. The fourth-order valence-electron chi connectivity index (χ4n) is 2.60. The van der Waals surface area contributed by atoms with Gasteiger partial charge in [-0.05, 0) is 19.0 Å². The molecule has 0 bridgehead atoms. The van der Waals surface area contributed by atoms with Gasteiger partial charge in [0.2, 0.25) is 0 Å². The van der Waals surface area contributed by atoms with Crippen LogP contribution in [0, 0.1) is 5.92 Å². The maximum atomic E-state index is 5.68. The lowest BCUT2D eigenvalue weighted by atomic mass is 9.90. The lowest BCUT2D eigenvalue weighted by molar-refractivity contribution is 0.0456. The van der Waals surface area contributed by atoms with Gasteiger partial charge >= 0.3 is 0 Å². The fourth-order valence-corrected chi connectivity index (χ4v) is 2.60. The number of ether oxygens (including phenoxy) is 2. The Morgan fingerprint density at radius 1 is 1.35 bits per heavy atom. The van der Waals surface area contributed by atoms with Crippen molar-refractivity contribution >= 4 is 0 Å². The normalized spacial score (nSPS) is 23.5. The van der Waals surface area contributed by atoms with Crippen LogP contribution in [-0.4, -0.2) is 33.4 Å². The number of methoxy groups -OCH3 is 1. The predicted molar refractivity (Wildman–Crippen MR) is 68.0 cm³/mol. The topological polar surface area (TPSA) is 30.5 Å². The van der Waals surface area contributed by atoms with Crippen LogP contribution >= 0.6 is 0 Å². The van der Waals surface area contributed by atoms with Gasteiger partial charge in [0.05, 0.1) is 12.7 Å². The average molecular weight is 235 g/mol. The Balaban J connectivity index is 2.15. The molecule has 3 heteroatoms. The van der Waals surface area contributed by atoms with Crippen LogP contribution < -0.4 is 5.32 Å². The summed E-state index contributed by atoms with van der Waals surface area (Å²) in [4.78, 5) is 0. The van der Waals surface area contributed by atoms with E-state index in [0.717, 1.165) is 19.6 Å². The van der Waals surface area contributed by atoms with Crippen LogP contribution in [0.25, 0.3) is 0 Å². The highest BCUT2D eigenvalue weighted by Crippen LogP contribution is 2.29. The molecule has 1 fully saturated rings. The number of nitrogens with one attached hydrogen (secondary N) is 1. The van der Waals surface area contributed by atoms with Gasteiger partial charge in [0.1, 0.15) is 0 Å². The van der Waals surface area contributed by atoms with Gasteiger partial charge in [0.15, 0.2) is 0 Å². The first-order valence-electron chi connectivity index (χ1n) is 6.19. The lowest BCUT2D eigenvalue weighted by Gasteiger charge is -2.30. The zero-order chi connectivity index (χ0) is 12.1. The third-order valence-electron chi connectivity index (χ3n) is 3.51. The summed E-state index contributed by atoms with van der Waals surface area (Å²) in [6.45, 7) is 1.70. The second-order valence-electron chi connectivity index (χ2n) is 4.51. The summed E-state index contributed by atoms with van der Waals surface area (Å²) in [5.74, 6) is 0.533. The summed E-state index contributed by atoms with van der Waals surface area (Å²) >= 11 is 0. The average Bonchev–Trinajstić information content (AvgIpc) is 2.90. The fraction of sp³-hybridized carbons (Fsp3) is 0.571. The van der Waals surface area contributed by atoms with Crippen LogP contribution in [0.3, 0.4) is 0 Å². The minimum Gasteiger partial charge on any atom is -0.381 e. The van der Waals surface area contributed by atoms with Gasteiger partial charge < -0.3 is 14.8 Å². The quantitative estimate of drug-likeness (QED) is 0.846. The molecule has 1 saturated heterocycles. The third kappa shape index (κ3) is 2.86. The monoisotopic (exact) mass is 235 g/mol. The zero-order valence-corrected chi connectivity index (χ0v) is 10.6. The Kier molecular flexibility index (Phi) is 4.54. The number of rotatable bonds is 5. The van der Waals surface area contributed by atoms with E-state index in [1.807, 2.05) is 13.1 Å². The molecular formula is C14H21NO2. The Labute approximate surface area is 103 Å². The lowest BCUT2D eigenvalue weighted by Crippen LogP contribution is -2.40. The molecule has 0 aliphatic carbocycles. The maximum absolute atomic E-state index is 5.68. The molecular weight excluding hydrogens is 214 g/mol. The third-order valence-corrected chi connectivity index (χ3v) is 3.51. The molecule has 0 aromatic heterocycles. The highest BCUT2D eigenvalue weighted by molar-refractivity contribution is 5.19. The summed E-state index contributed by atoms with van der Waals surface area (Å²) in [5.41, 5.74) is 1.22. The minimum absolute atomic E-state index is 0.0906. The van der Waals surface area contributed by atoms with Crippen LogP contribution in [0.2, 0.25) is 0 Å². The molecule has 1 aromatic carbocycles. The van der Waals surface area contributed by atoms with Crippen LogP contribution in [0.1, 0.15) is 18.1 Å². The highest BCUT2D eigenvalue weighted by atomic mass is 16.5. The first-order valence-corrected chi connectivity index (χ1v) is 6.19. The molecule has 1 aromatic rings. The van der Waals surface area contributed by atoms with Crippen molar-refractivity contribution in [2.75, 3.05) is 27.4 Å². The van der Waals surface area contributed by atoms with Gasteiger partial charge in [-0.2, -0.15) is 0 Å². The van der Waals surface area contributed by atoms with E-state index in [0.29, 0.717) is 12.0 Å². The number of hydrogen-bond donors (Lipinski definition) is 1. The van der Waals surface area contributed by atoms with Crippen LogP contribution in [-0.2, 0) is 9.47 Å². The zero-order valence-electron chi connectivity index (χ0n) is 10.6. The first-order chi connectivity index (χ1) is 8.36. The van der Waals surface area contributed by atoms with E-state index >= 15 is 0 Å². The van der Waals surface area contributed by atoms with Crippen molar-refractivity contribution in [3.05, 3.63) is 35.9 Å². The Hall–Kier alpha value is -0.900. The van der Waals surface area contributed by atoms with Crippen molar-refractivity contribution in [1.82, 2.24) is 5.32 Å². The molecule has 1 aliphatic heterocycles. The van der Waals surface area contributed by atoms with Crippen molar-refractivity contribution in [1.29, 1.82) is 0 Å². The van der Waals surface area contributed by atoms with E-state index in [2.05, 4.69) is 29.6 Å². The standard InChI is InChI=1S/C14H21NO2/c1-15-13(12-8-9-17-10-12)14(16-2)11-6-4-3-5-7-11/h3-7,12-15H,8-10H2,1-2H3. The van der Waals surface area contributed by atoms with Crippen molar-refractivity contribution in [3.63, 3.8) is 0 Å². The van der Waals surface area contributed by atoms with Crippen molar-refractivity contribution in [3.8, 4) is 0 Å². The Morgan fingerprint density at radius 3 is 2.65 bits per heavy atom.